The Hall–Kier alpha value is -4.33. The van der Waals surface area contributed by atoms with Crippen LogP contribution in [0.2, 0.25) is 0 Å². The molecule has 1 aliphatic carbocycles. The van der Waals surface area contributed by atoms with Gasteiger partial charge in [-0.15, -0.1) is 0 Å². The molecular weight excluding hydrogens is 456 g/mol. The highest BCUT2D eigenvalue weighted by Gasteiger charge is 2.22. The number of hydrogen-bond donors (Lipinski definition) is 0. The van der Waals surface area contributed by atoms with E-state index in [0.29, 0.717) is 22.3 Å². The van der Waals surface area contributed by atoms with Gasteiger partial charge in [0, 0.05) is 17.5 Å². The number of hydrogen-bond acceptors (Lipinski definition) is 6. The second-order valence-corrected chi connectivity index (χ2v) is 8.94. The Morgan fingerprint density at radius 3 is 2.56 bits per heavy atom. The Bertz CT molecular complexity index is 1470. The highest BCUT2D eigenvalue weighted by Crippen LogP contribution is 2.32. The van der Waals surface area contributed by atoms with Crippen LogP contribution in [0.5, 0.6) is 5.75 Å². The number of nitrogens with zero attached hydrogens (tertiary/aromatic N) is 4. The molecule has 0 bridgehead atoms. The zero-order chi connectivity index (χ0) is 24.9. The lowest BCUT2D eigenvalue weighted by molar-refractivity contribution is -0.385. The van der Waals surface area contributed by atoms with Crippen LogP contribution >= 0.6 is 0 Å². The zero-order valence-electron chi connectivity index (χ0n) is 19.7. The first-order chi connectivity index (χ1) is 17.6. The second-order valence-electron chi connectivity index (χ2n) is 8.94. The van der Waals surface area contributed by atoms with E-state index in [1.807, 2.05) is 42.5 Å². The molecule has 0 radical (unpaired) electrons. The number of fused-ring (bicyclic) bond motifs is 1. The van der Waals surface area contributed by atoms with Crippen molar-refractivity contribution in [3.05, 3.63) is 110 Å². The summed E-state index contributed by atoms with van der Waals surface area (Å²) < 4.78 is 7.08. The second kappa shape index (κ2) is 10.5. The third-order valence-electron chi connectivity index (χ3n) is 6.49. The monoisotopic (exact) mass is 482 g/mol. The van der Waals surface area contributed by atoms with E-state index in [-0.39, 0.29) is 29.5 Å². The maximum absolute atomic E-state index is 13.3. The van der Waals surface area contributed by atoms with Crippen LogP contribution in [0.4, 0.5) is 5.69 Å². The molecule has 1 saturated carbocycles. The normalized spacial score (nSPS) is 14.3. The summed E-state index contributed by atoms with van der Waals surface area (Å²) in [5.41, 5.74) is 1.66. The van der Waals surface area contributed by atoms with Crippen molar-refractivity contribution < 1.29 is 9.66 Å². The molecule has 4 aromatic rings. The van der Waals surface area contributed by atoms with E-state index in [0.717, 1.165) is 31.2 Å². The lowest BCUT2D eigenvalue weighted by Gasteiger charge is -2.22. The fraction of sp³-hybridized carbons (Fsp3) is 0.250. The van der Waals surface area contributed by atoms with Crippen molar-refractivity contribution in [2.45, 2.75) is 44.6 Å². The fourth-order valence-electron chi connectivity index (χ4n) is 4.62. The molecule has 0 spiro atoms. The number of ether oxygens (including phenoxy) is 1. The van der Waals surface area contributed by atoms with Crippen molar-refractivity contribution in [3.8, 4) is 5.75 Å². The topological polar surface area (TPSA) is 99.6 Å². The molecule has 182 valence electrons. The SMILES string of the molecule is O=c1c2ccccc2nc(C2CCCCC2)n1N=Cc1ccc(OCc2ccccc2)c([N+](=O)[O-])c1. The van der Waals surface area contributed by atoms with Crippen LogP contribution < -0.4 is 10.3 Å². The third kappa shape index (κ3) is 5.02. The number of rotatable bonds is 7. The molecule has 36 heavy (non-hydrogen) atoms. The van der Waals surface area contributed by atoms with Crippen molar-refractivity contribution in [2.75, 3.05) is 0 Å². The molecule has 1 fully saturated rings. The molecule has 8 nitrogen and oxygen atoms in total. The molecular formula is C28H26N4O4. The number of para-hydroxylation sites is 1. The van der Waals surface area contributed by atoms with Crippen LogP contribution in [-0.2, 0) is 6.61 Å². The van der Waals surface area contributed by atoms with Gasteiger partial charge < -0.3 is 4.74 Å². The van der Waals surface area contributed by atoms with Gasteiger partial charge in [0.15, 0.2) is 5.75 Å². The molecule has 5 rings (SSSR count). The van der Waals surface area contributed by atoms with Gasteiger partial charge in [0.1, 0.15) is 12.4 Å². The average Bonchev–Trinajstić information content (AvgIpc) is 2.92. The summed E-state index contributed by atoms with van der Waals surface area (Å²) in [6.07, 6.45) is 6.75. The van der Waals surface area contributed by atoms with E-state index in [4.69, 9.17) is 9.72 Å². The lowest BCUT2D eigenvalue weighted by atomic mass is 9.88. The Labute approximate surface area is 208 Å². The smallest absolute Gasteiger partial charge is 0.311 e. The van der Waals surface area contributed by atoms with Gasteiger partial charge in [-0.05, 0) is 42.7 Å². The largest absolute Gasteiger partial charge is 0.482 e. The summed E-state index contributed by atoms with van der Waals surface area (Å²) in [5.74, 6) is 0.969. The van der Waals surface area contributed by atoms with E-state index in [1.54, 1.807) is 24.3 Å². The maximum atomic E-state index is 13.3. The minimum Gasteiger partial charge on any atom is -0.482 e. The van der Waals surface area contributed by atoms with Gasteiger partial charge in [0.2, 0.25) is 0 Å². The van der Waals surface area contributed by atoms with Gasteiger partial charge >= 0.3 is 5.69 Å². The molecule has 0 saturated heterocycles. The van der Waals surface area contributed by atoms with Crippen LogP contribution in [0.1, 0.15) is 55.0 Å². The first-order valence-corrected chi connectivity index (χ1v) is 12.1. The molecule has 1 aliphatic rings. The maximum Gasteiger partial charge on any atom is 0.311 e. The molecule has 0 N–H and O–H groups in total. The van der Waals surface area contributed by atoms with Crippen LogP contribution in [0.25, 0.3) is 10.9 Å². The van der Waals surface area contributed by atoms with Gasteiger partial charge in [-0.3, -0.25) is 14.9 Å². The van der Waals surface area contributed by atoms with E-state index >= 15 is 0 Å². The van der Waals surface area contributed by atoms with Gasteiger partial charge in [-0.1, -0.05) is 61.7 Å². The van der Waals surface area contributed by atoms with Crippen molar-refractivity contribution in [3.63, 3.8) is 0 Å². The summed E-state index contributed by atoms with van der Waals surface area (Å²) in [5, 5.41) is 16.7. The van der Waals surface area contributed by atoms with Crippen molar-refractivity contribution in [2.24, 2.45) is 5.10 Å². The fourth-order valence-corrected chi connectivity index (χ4v) is 4.62. The summed E-state index contributed by atoms with van der Waals surface area (Å²) in [4.78, 5) is 29.4. The van der Waals surface area contributed by atoms with Gasteiger partial charge in [0.05, 0.1) is 22.0 Å². The Morgan fingerprint density at radius 2 is 1.78 bits per heavy atom. The quantitative estimate of drug-likeness (QED) is 0.188. The number of aromatic nitrogens is 2. The minimum atomic E-state index is -0.477. The van der Waals surface area contributed by atoms with Crippen molar-refractivity contribution >= 4 is 22.8 Å². The van der Waals surface area contributed by atoms with Crippen molar-refractivity contribution in [1.29, 1.82) is 0 Å². The molecule has 0 amide bonds. The molecule has 0 aliphatic heterocycles. The highest BCUT2D eigenvalue weighted by molar-refractivity contribution is 5.82. The summed E-state index contributed by atoms with van der Waals surface area (Å²) >= 11 is 0. The van der Waals surface area contributed by atoms with E-state index in [1.165, 1.54) is 23.4 Å². The molecule has 0 atom stereocenters. The number of benzene rings is 3. The molecule has 1 heterocycles. The summed E-state index contributed by atoms with van der Waals surface area (Å²) in [6.45, 7) is 0.220. The van der Waals surface area contributed by atoms with Gasteiger partial charge in [0.25, 0.3) is 5.56 Å². The summed E-state index contributed by atoms with van der Waals surface area (Å²) in [6, 6.07) is 21.4. The lowest BCUT2D eigenvalue weighted by Crippen LogP contribution is -2.25. The predicted octanol–water partition coefficient (Wildman–Crippen LogP) is 5.81. The highest BCUT2D eigenvalue weighted by atomic mass is 16.6. The van der Waals surface area contributed by atoms with Gasteiger partial charge in [-0.2, -0.15) is 9.78 Å². The molecule has 3 aromatic carbocycles. The first kappa shape index (κ1) is 23.4. The molecule has 8 heteroatoms. The third-order valence-corrected chi connectivity index (χ3v) is 6.49. The summed E-state index contributed by atoms with van der Waals surface area (Å²) in [7, 11) is 0. The first-order valence-electron chi connectivity index (χ1n) is 12.1. The van der Waals surface area contributed by atoms with E-state index < -0.39 is 4.92 Å². The van der Waals surface area contributed by atoms with Gasteiger partial charge in [-0.25, -0.2) is 4.98 Å². The molecule has 0 unspecified atom stereocenters. The standard InChI is InChI=1S/C28H26N4O4/c33-28-23-13-7-8-14-24(23)30-27(22-11-5-2-6-12-22)31(28)29-18-21-15-16-26(25(17-21)32(34)35)36-19-20-9-3-1-4-10-20/h1,3-4,7-10,13-18,22H,2,5-6,11-12,19H2. The number of nitro benzene ring substituents is 1. The Balaban J connectivity index is 1.48. The average molecular weight is 483 g/mol. The van der Waals surface area contributed by atoms with Crippen LogP contribution in [0, 0.1) is 10.1 Å². The van der Waals surface area contributed by atoms with Crippen molar-refractivity contribution in [1.82, 2.24) is 9.66 Å². The Kier molecular flexibility index (Phi) is 6.84. The minimum absolute atomic E-state index is 0.149. The zero-order valence-corrected chi connectivity index (χ0v) is 19.7. The Morgan fingerprint density at radius 1 is 1.03 bits per heavy atom. The van der Waals surface area contributed by atoms with E-state index in [9.17, 15) is 14.9 Å². The van der Waals surface area contributed by atoms with Crippen LogP contribution in [0.15, 0.2) is 82.7 Å². The predicted molar refractivity (Wildman–Crippen MR) is 139 cm³/mol. The van der Waals surface area contributed by atoms with Crippen LogP contribution in [-0.4, -0.2) is 20.8 Å². The number of nitro groups is 1. The van der Waals surface area contributed by atoms with Crippen LogP contribution in [0.3, 0.4) is 0 Å². The molecule has 1 aromatic heterocycles. The van der Waals surface area contributed by atoms with E-state index in [2.05, 4.69) is 5.10 Å².